The Balaban J connectivity index is 1.76. The number of benzene rings is 1. The van der Waals surface area contributed by atoms with Crippen LogP contribution in [-0.4, -0.2) is 41.5 Å². The van der Waals surface area contributed by atoms with Crippen molar-refractivity contribution in [2.45, 2.75) is 13.0 Å². The van der Waals surface area contributed by atoms with Gasteiger partial charge in [0.2, 0.25) is 5.91 Å². The van der Waals surface area contributed by atoms with Crippen LogP contribution in [0.4, 0.5) is 0 Å². The average molecular weight is 281 g/mol. The number of para-hydroxylation sites is 1. The standard InChI is InChI=1S/C17H19N3O/c1-13-12-18-10-11-20(13)17(21)9-8-15-7-6-14-4-2-3-5-16(14)19-15/h2-9,13,18H,10-12H2,1H3/b9-8+. The highest BCUT2D eigenvalue weighted by molar-refractivity contribution is 5.92. The number of hydrogen-bond donors (Lipinski definition) is 1. The lowest BCUT2D eigenvalue weighted by molar-refractivity contribution is -0.128. The van der Waals surface area contributed by atoms with E-state index in [1.54, 1.807) is 12.2 Å². The first-order chi connectivity index (χ1) is 10.2. The summed E-state index contributed by atoms with van der Waals surface area (Å²) < 4.78 is 0. The first kappa shape index (κ1) is 13.8. The summed E-state index contributed by atoms with van der Waals surface area (Å²) in [6, 6.07) is 12.2. The second-order valence-corrected chi connectivity index (χ2v) is 5.35. The Bertz CT molecular complexity index is 681. The molecule has 1 aliphatic heterocycles. The molecule has 3 rings (SSSR count). The maximum absolute atomic E-state index is 12.2. The highest BCUT2D eigenvalue weighted by Gasteiger charge is 2.20. The minimum atomic E-state index is 0.0546. The molecule has 1 aromatic heterocycles. The van der Waals surface area contributed by atoms with E-state index >= 15 is 0 Å². The second kappa shape index (κ2) is 6.06. The van der Waals surface area contributed by atoms with Crippen LogP contribution in [0.5, 0.6) is 0 Å². The number of piperazine rings is 1. The van der Waals surface area contributed by atoms with Crippen LogP contribution in [0.3, 0.4) is 0 Å². The van der Waals surface area contributed by atoms with Crippen LogP contribution >= 0.6 is 0 Å². The van der Waals surface area contributed by atoms with Crippen LogP contribution in [0.1, 0.15) is 12.6 Å². The van der Waals surface area contributed by atoms with Crippen LogP contribution < -0.4 is 5.32 Å². The lowest BCUT2D eigenvalue weighted by Gasteiger charge is -2.33. The molecule has 2 heterocycles. The van der Waals surface area contributed by atoms with E-state index in [1.165, 1.54) is 0 Å². The Morgan fingerprint density at radius 3 is 3.05 bits per heavy atom. The maximum atomic E-state index is 12.2. The molecule has 1 saturated heterocycles. The average Bonchev–Trinajstić information content (AvgIpc) is 2.53. The molecular formula is C17H19N3O. The molecular weight excluding hydrogens is 262 g/mol. The van der Waals surface area contributed by atoms with Gasteiger partial charge in [-0.2, -0.15) is 0 Å². The van der Waals surface area contributed by atoms with E-state index in [9.17, 15) is 4.79 Å². The molecule has 0 bridgehead atoms. The maximum Gasteiger partial charge on any atom is 0.246 e. The SMILES string of the molecule is CC1CNCCN1C(=O)/C=C/c1ccc2ccccc2n1. The third-order valence-electron chi connectivity index (χ3n) is 3.80. The lowest BCUT2D eigenvalue weighted by Crippen LogP contribution is -2.51. The van der Waals surface area contributed by atoms with Crippen molar-refractivity contribution in [3.63, 3.8) is 0 Å². The van der Waals surface area contributed by atoms with Gasteiger partial charge < -0.3 is 10.2 Å². The van der Waals surface area contributed by atoms with Crippen molar-refractivity contribution in [1.29, 1.82) is 0 Å². The number of carbonyl (C=O) groups excluding carboxylic acids is 1. The van der Waals surface area contributed by atoms with E-state index in [1.807, 2.05) is 41.3 Å². The molecule has 21 heavy (non-hydrogen) atoms. The summed E-state index contributed by atoms with van der Waals surface area (Å²) in [4.78, 5) is 18.7. The van der Waals surface area contributed by atoms with Crippen LogP contribution in [-0.2, 0) is 4.79 Å². The lowest BCUT2D eigenvalue weighted by atomic mass is 10.2. The fourth-order valence-electron chi connectivity index (χ4n) is 2.60. The van der Waals surface area contributed by atoms with Crippen molar-refractivity contribution in [3.8, 4) is 0 Å². The van der Waals surface area contributed by atoms with E-state index in [-0.39, 0.29) is 11.9 Å². The zero-order valence-corrected chi connectivity index (χ0v) is 12.1. The second-order valence-electron chi connectivity index (χ2n) is 5.35. The molecule has 0 aliphatic carbocycles. The van der Waals surface area contributed by atoms with E-state index in [0.29, 0.717) is 0 Å². The Morgan fingerprint density at radius 2 is 2.19 bits per heavy atom. The number of carbonyl (C=O) groups is 1. The van der Waals surface area contributed by atoms with Crippen molar-refractivity contribution in [2.75, 3.05) is 19.6 Å². The van der Waals surface area contributed by atoms with Gasteiger partial charge in [-0.15, -0.1) is 0 Å². The van der Waals surface area contributed by atoms with Crippen LogP contribution in [0.25, 0.3) is 17.0 Å². The minimum absolute atomic E-state index is 0.0546. The molecule has 1 aliphatic rings. The van der Waals surface area contributed by atoms with E-state index in [0.717, 1.165) is 36.2 Å². The van der Waals surface area contributed by atoms with E-state index in [2.05, 4.69) is 17.2 Å². The molecule has 1 unspecified atom stereocenters. The van der Waals surface area contributed by atoms with Crippen LogP contribution in [0, 0.1) is 0 Å². The first-order valence-corrected chi connectivity index (χ1v) is 7.29. The van der Waals surface area contributed by atoms with E-state index in [4.69, 9.17) is 0 Å². The predicted molar refractivity (Wildman–Crippen MR) is 84.8 cm³/mol. The third kappa shape index (κ3) is 3.11. The van der Waals surface area contributed by atoms with Crippen molar-refractivity contribution in [1.82, 2.24) is 15.2 Å². The van der Waals surface area contributed by atoms with Gasteiger partial charge in [-0.25, -0.2) is 4.98 Å². The molecule has 1 fully saturated rings. The van der Waals surface area contributed by atoms with Gasteiger partial charge in [-0.1, -0.05) is 24.3 Å². The molecule has 1 aromatic carbocycles. The van der Waals surface area contributed by atoms with Gasteiger partial charge >= 0.3 is 0 Å². The summed E-state index contributed by atoms with van der Waals surface area (Å²) in [7, 11) is 0. The van der Waals surface area contributed by atoms with Gasteiger partial charge in [-0.3, -0.25) is 4.79 Å². The molecule has 108 valence electrons. The molecule has 0 saturated carbocycles. The molecule has 1 amide bonds. The summed E-state index contributed by atoms with van der Waals surface area (Å²) in [5.41, 5.74) is 1.76. The number of aromatic nitrogens is 1. The first-order valence-electron chi connectivity index (χ1n) is 7.29. The number of hydrogen-bond acceptors (Lipinski definition) is 3. The number of nitrogens with zero attached hydrogens (tertiary/aromatic N) is 2. The predicted octanol–water partition coefficient (Wildman–Crippen LogP) is 2.07. The zero-order chi connectivity index (χ0) is 14.7. The molecule has 1 N–H and O–H groups in total. The summed E-state index contributed by atoms with van der Waals surface area (Å²) in [5, 5.41) is 4.39. The number of rotatable bonds is 2. The van der Waals surface area contributed by atoms with Gasteiger partial charge in [0, 0.05) is 37.1 Å². The molecule has 2 aromatic rings. The molecule has 4 nitrogen and oxygen atoms in total. The molecule has 4 heteroatoms. The summed E-state index contributed by atoms with van der Waals surface area (Å²) >= 11 is 0. The van der Waals surface area contributed by atoms with Gasteiger partial charge in [-0.05, 0) is 25.1 Å². The Kier molecular flexibility index (Phi) is 3.97. The van der Waals surface area contributed by atoms with Crippen molar-refractivity contribution < 1.29 is 4.79 Å². The summed E-state index contributed by atoms with van der Waals surface area (Å²) in [5.74, 6) is 0.0546. The largest absolute Gasteiger partial charge is 0.334 e. The number of pyridine rings is 1. The molecule has 1 atom stereocenters. The van der Waals surface area contributed by atoms with Crippen molar-refractivity contribution in [3.05, 3.63) is 48.2 Å². The Labute approximate surface area is 124 Å². The fraction of sp³-hybridized carbons (Fsp3) is 0.294. The van der Waals surface area contributed by atoms with Crippen molar-refractivity contribution in [2.24, 2.45) is 0 Å². The van der Waals surface area contributed by atoms with Crippen LogP contribution in [0.15, 0.2) is 42.5 Å². The topological polar surface area (TPSA) is 45.2 Å². The monoisotopic (exact) mass is 281 g/mol. The molecule has 0 radical (unpaired) electrons. The molecule has 0 spiro atoms. The fourth-order valence-corrected chi connectivity index (χ4v) is 2.60. The third-order valence-corrected chi connectivity index (χ3v) is 3.80. The van der Waals surface area contributed by atoms with E-state index < -0.39 is 0 Å². The van der Waals surface area contributed by atoms with Crippen molar-refractivity contribution >= 4 is 22.9 Å². The summed E-state index contributed by atoms with van der Waals surface area (Å²) in [6.07, 6.45) is 3.42. The number of amides is 1. The summed E-state index contributed by atoms with van der Waals surface area (Å²) in [6.45, 7) is 4.54. The number of fused-ring (bicyclic) bond motifs is 1. The van der Waals surface area contributed by atoms with Gasteiger partial charge in [0.15, 0.2) is 0 Å². The smallest absolute Gasteiger partial charge is 0.246 e. The minimum Gasteiger partial charge on any atom is -0.334 e. The number of nitrogens with one attached hydrogen (secondary N) is 1. The zero-order valence-electron chi connectivity index (χ0n) is 12.1. The Hall–Kier alpha value is -2.20. The normalized spacial score (nSPS) is 19.3. The van der Waals surface area contributed by atoms with Gasteiger partial charge in [0.25, 0.3) is 0 Å². The van der Waals surface area contributed by atoms with Gasteiger partial charge in [0.05, 0.1) is 11.2 Å². The Morgan fingerprint density at radius 1 is 1.33 bits per heavy atom. The highest BCUT2D eigenvalue weighted by atomic mass is 16.2. The highest BCUT2D eigenvalue weighted by Crippen LogP contribution is 2.13. The van der Waals surface area contributed by atoms with Gasteiger partial charge in [0.1, 0.15) is 0 Å². The quantitative estimate of drug-likeness (QED) is 0.857. The van der Waals surface area contributed by atoms with Crippen LogP contribution in [0.2, 0.25) is 0 Å².